The molecule has 0 radical (unpaired) electrons. The first kappa shape index (κ1) is 12.4. The van der Waals surface area contributed by atoms with Crippen LogP contribution in [-0.2, 0) is 9.53 Å². The van der Waals surface area contributed by atoms with Gasteiger partial charge in [-0.3, -0.25) is 4.79 Å². The molecule has 0 saturated carbocycles. The highest BCUT2D eigenvalue weighted by molar-refractivity contribution is 9.09. The van der Waals surface area contributed by atoms with Crippen LogP contribution in [-0.4, -0.2) is 42.4 Å². The lowest BCUT2D eigenvalue weighted by molar-refractivity contribution is -0.127. The normalized spacial score (nSPS) is 27.7. The van der Waals surface area contributed by atoms with E-state index in [1.54, 1.807) is 0 Å². The van der Waals surface area contributed by atoms with Crippen molar-refractivity contribution in [1.82, 2.24) is 4.90 Å². The van der Waals surface area contributed by atoms with E-state index in [0.29, 0.717) is 11.8 Å². The Morgan fingerprint density at radius 2 is 2.06 bits per heavy atom. The standard InChI is InChI=1S/C12H20BrNO2/c13-8-11-7-12(15)14(9-11)4-1-10-2-5-16-6-3-10/h10-11H,1-9H2. The van der Waals surface area contributed by atoms with Gasteiger partial charge in [-0.2, -0.15) is 0 Å². The predicted octanol–water partition coefficient (Wildman–Crippen LogP) is 2.05. The third-order valence-corrected chi connectivity index (χ3v) is 4.58. The Hall–Kier alpha value is -0.0900. The third-order valence-electron chi connectivity index (χ3n) is 3.66. The molecular weight excluding hydrogens is 270 g/mol. The van der Waals surface area contributed by atoms with Gasteiger partial charge in [-0.05, 0) is 31.1 Å². The van der Waals surface area contributed by atoms with Crippen molar-refractivity contribution in [3.8, 4) is 0 Å². The number of carbonyl (C=O) groups is 1. The van der Waals surface area contributed by atoms with Gasteiger partial charge in [0.25, 0.3) is 0 Å². The highest BCUT2D eigenvalue weighted by atomic mass is 79.9. The largest absolute Gasteiger partial charge is 0.381 e. The second kappa shape index (κ2) is 6.01. The number of halogens is 1. The number of hydrogen-bond acceptors (Lipinski definition) is 2. The summed E-state index contributed by atoms with van der Waals surface area (Å²) in [6.07, 6.45) is 4.23. The van der Waals surface area contributed by atoms with Crippen LogP contribution in [0.3, 0.4) is 0 Å². The van der Waals surface area contributed by atoms with E-state index >= 15 is 0 Å². The lowest BCUT2D eigenvalue weighted by Gasteiger charge is -2.24. The van der Waals surface area contributed by atoms with Gasteiger partial charge in [-0.1, -0.05) is 15.9 Å². The molecule has 3 nitrogen and oxygen atoms in total. The fraction of sp³-hybridized carbons (Fsp3) is 0.917. The second-order valence-corrected chi connectivity index (χ2v) is 5.56. The molecule has 2 heterocycles. The maximum absolute atomic E-state index is 11.7. The van der Waals surface area contributed by atoms with Crippen molar-refractivity contribution < 1.29 is 9.53 Å². The number of likely N-dealkylation sites (tertiary alicyclic amines) is 1. The Balaban J connectivity index is 1.71. The minimum Gasteiger partial charge on any atom is -0.381 e. The van der Waals surface area contributed by atoms with Crippen LogP contribution in [0.2, 0.25) is 0 Å². The van der Waals surface area contributed by atoms with Crippen LogP contribution in [0.4, 0.5) is 0 Å². The van der Waals surface area contributed by atoms with E-state index in [4.69, 9.17) is 4.74 Å². The van der Waals surface area contributed by atoms with Gasteiger partial charge in [0.1, 0.15) is 0 Å². The minimum absolute atomic E-state index is 0.344. The molecule has 16 heavy (non-hydrogen) atoms. The van der Waals surface area contributed by atoms with Gasteiger partial charge < -0.3 is 9.64 Å². The van der Waals surface area contributed by atoms with Crippen LogP contribution < -0.4 is 0 Å². The van der Waals surface area contributed by atoms with E-state index in [2.05, 4.69) is 15.9 Å². The van der Waals surface area contributed by atoms with Crippen LogP contribution >= 0.6 is 15.9 Å². The molecule has 2 aliphatic heterocycles. The van der Waals surface area contributed by atoms with Crippen LogP contribution in [0.1, 0.15) is 25.7 Å². The molecule has 2 fully saturated rings. The number of carbonyl (C=O) groups excluding carboxylic acids is 1. The Labute approximate surface area is 106 Å². The summed E-state index contributed by atoms with van der Waals surface area (Å²) >= 11 is 3.46. The zero-order chi connectivity index (χ0) is 11.4. The average Bonchev–Trinajstić information content (AvgIpc) is 2.69. The fourth-order valence-electron chi connectivity index (χ4n) is 2.55. The summed E-state index contributed by atoms with van der Waals surface area (Å²) in [5, 5.41) is 0.951. The van der Waals surface area contributed by atoms with Crippen molar-refractivity contribution in [2.24, 2.45) is 11.8 Å². The van der Waals surface area contributed by atoms with Crippen LogP contribution in [0.25, 0.3) is 0 Å². The smallest absolute Gasteiger partial charge is 0.222 e. The first-order chi connectivity index (χ1) is 7.79. The van der Waals surface area contributed by atoms with E-state index < -0.39 is 0 Å². The molecule has 0 aromatic heterocycles. The lowest BCUT2D eigenvalue weighted by Crippen LogP contribution is -2.29. The molecule has 92 valence electrons. The third kappa shape index (κ3) is 3.20. The maximum atomic E-state index is 11.7. The molecule has 0 aromatic carbocycles. The Morgan fingerprint density at radius 3 is 2.69 bits per heavy atom. The van der Waals surface area contributed by atoms with Gasteiger partial charge in [-0.25, -0.2) is 0 Å². The molecule has 2 rings (SSSR count). The van der Waals surface area contributed by atoms with Crippen LogP contribution in [0.5, 0.6) is 0 Å². The molecule has 0 spiro atoms. The number of alkyl halides is 1. The van der Waals surface area contributed by atoms with Crippen molar-refractivity contribution >= 4 is 21.8 Å². The molecular formula is C12H20BrNO2. The molecule has 0 bridgehead atoms. The summed E-state index contributed by atoms with van der Waals surface area (Å²) in [6, 6.07) is 0. The van der Waals surface area contributed by atoms with Gasteiger partial charge in [-0.15, -0.1) is 0 Å². The summed E-state index contributed by atoms with van der Waals surface area (Å²) in [5.74, 6) is 1.64. The molecule has 0 aliphatic carbocycles. The Morgan fingerprint density at radius 1 is 1.31 bits per heavy atom. The van der Waals surface area contributed by atoms with Gasteiger partial charge in [0, 0.05) is 38.1 Å². The van der Waals surface area contributed by atoms with E-state index in [-0.39, 0.29) is 0 Å². The molecule has 2 aliphatic rings. The first-order valence-electron chi connectivity index (χ1n) is 6.21. The number of amides is 1. The average molecular weight is 290 g/mol. The Bertz CT molecular complexity index is 241. The molecule has 1 unspecified atom stereocenters. The van der Waals surface area contributed by atoms with Crippen molar-refractivity contribution in [3.05, 3.63) is 0 Å². The van der Waals surface area contributed by atoms with E-state index in [1.165, 1.54) is 12.8 Å². The number of hydrogen-bond donors (Lipinski definition) is 0. The zero-order valence-electron chi connectivity index (χ0n) is 9.66. The van der Waals surface area contributed by atoms with Gasteiger partial charge in [0.15, 0.2) is 0 Å². The highest BCUT2D eigenvalue weighted by Crippen LogP contribution is 2.23. The minimum atomic E-state index is 0.344. The van der Waals surface area contributed by atoms with Gasteiger partial charge in [0.2, 0.25) is 5.91 Å². The fourth-order valence-corrected chi connectivity index (χ4v) is 2.98. The van der Waals surface area contributed by atoms with Crippen LogP contribution in [0.15, 0.2) is 0 Å². The van der Waals surface area contributed by atoms with Crippen molar-refractivity contribution in [2.45, 2.75) is 25.7 Å². The van der Waals surface area contributed by atoms with E-state index in [9.17, 15) is 4.79 Å². The monoisotopic (exact) mass is 289 g/mol. The topological polar surface area (TPSA) is 29.5 Å². The van der Waals surface area contributed by atoms with Crippen molar-refractivity contribution in [2.75, 3.05) is 31.6 Å². The first-order valence-corrected chi connectivity index (χ1v) is 7.33. The number of rotatable bonds is 4. The van der Waals surface area contributed by atoms with Crippen LogP contribution in [0, 0.1) is 11.8 Å². The summed E-state index contributed by atoms with van der Waals surface area (Å²) in [6.45, 7) is 3.71. The van der Waals surface area contributed by atoms with E-state index in [0.717, 1.165) is 50.4 Å². The summed E-state index contributed by atoms with van der Waals surface area (Å²) in [5.41, 5.74) is 0. The second-order valence-electron chi connectivity index (χ2n) is 4.91. The molecule has 2 saturated heterocycles. The summed E-state index contributed by atoms with van der Waals surface area (Å²) in [7, 11) is 0. The molecule has 1 atom stereocenters. The van der Waals surface area contributed by atoms with E-state index in [1.807, 2.05) is 4.90 Å². The number of ether oxygens (including phenoxy) is 1. The highest BCUT2D eigenvalue weighted by Gasteiger charge is 2.28. The summed E-state index contributed by atoms with van der Waals surface area (Å²) in [4.78, 5) is 13.7. The predicted molar refractivity (Wildman–Crippen MR) is 66.6 cm³/mol. The molecule has 0 aromatic rings. The van der Waals surface area contributed by atoms with Gasteiger partial charge in [0.05, 0.1) is 0 Å². The summed E-state index contributed by atoms with van der Waals surface area (Å²) < 4.78 is 5.34. The number of nitrogens with zero attached hydrogens (tertiary/aromatic N) is 1. The van der Waals surface area contributed by atoms with Crippen molar-refractivity contribution in [3.63, 3.8) is 0 Å². The van der Waals surface area contributed by atoms with Gasteiger partial charge >= 0.3 is 0 Å². The lowest BCUT2D eigenvalue weighted by atomic mass is 9.96. The maximum Gasteiger partial charge on any atom is 0.222 e. The SMILES string of the molecule is O=C1CC(CBr)CN1CCC1CCOCC1. The molecule has 0 N–H and O–H groups in total. The molecule has 1 amide bonds. The Kier molecular flexibility index (Phi) is 4.65. The van der Waals surface area contributed by atoms with Crippen molar-refractivity contribution in [1.29, 1.82) is 0 Å². The zero-order valence-corrected chi connectivity index (χ0v) is 11.2. The quantitative estimate of drug-likeness (QED) is 0.742. The molecule has 4 heteroatoms.